The van der Waals surface area contributed by atoms with Gasteiger partial charge in [0.05, 0.1) is 0 Å². The predicted octanol–water partition coefficient (Wildman–Crippen LogP) is 6.25. The molecule has 0 nitrogen and oxygen atoms in total. The minimum atomic E-state index is -1.66. The molecule has 0 aliphatic carbocycles. The number of unbranched alkanes of at least 4 members (excludes halogenated alkanes) is 3. The van der Waals surface area contributed by atoms with Crippen molar-refractivity contribution < 1.29 is 0 Å². The molecule has 98 valence electrons. The summed E-state index contributed by atoms with van der Waals surface area (Å²) in [6, 6.07) is 0. The van der Waals surface area contributed by atoms with Gasteiger partial charge in [0.1, 0.15) is 0 Å². The molecule has 0 N–H and O–H groups in total. The second-order valence-corrected chi connectivity index (χ2v) is 19.8. The molecule has 0 aliphatic heterocycles. The van der Waals surface area contributed by atoms with Crippen molar-refractivity contribution in [3.8, 4) is 0 Å². The first-order valence-corrected chi connectivity index (χ1v) is 15.8. The fraction of sp³-hybridized carbons (Fsp3) is 1.00. The standard InChI is InChI=1S/3C4H9.C3H7.Sn/c3*1-3-4-2;1-3-2;/h3*1,3-4H2,2H3;1,3H2,2H3;. The Morgan fingerprint density at radius 1 is 0.500 bits per heavy atom. The van der Waals surface area contributed by atoms with Crippen molar-refractivity contribution in [1.82, 2.24) is 0 Å². The van der Waals surface area contributed by atoms with Crippen molar-refractivity contribution in [2.24, 2.45) is 0 Å². The maximum atomic E-state index is 2.41. The van der Waals surface area contributed by atoms with Crippen LogP contribution in [0.3, 0.4) is 0 Å². The van der Waals surface area contributed by atoms with Crippen LogP contribution < -0.4 is 0 Å². The molecule has 0 aromatic rings. The van der Waals surface area contributed by atoms with Crippen LogP contribution >= 0.6 is 0 Å². The third kappa shape index (κ3) is 7.19. The molecule has 0 spiro atoms. The van der Waals surface area contributed by atoms with Gasteiger partial charge in [-0.15, -0.1) is 0 Å². The van der Waals surface area contributed by atoms with Gasteiger partial charge in [-0.2, -0.15) is 0 Å². The summed E-state index contributed by atoms with van der Waals surface area (Å²) in [6.45, 7) is 9.50. The molecule has 0 saturated heterocycles. The van der Waals surface area contributed by atoms with Crippen LogP contribution in [0.25, 0.3) is 0 Å². The quantitative estimate of drug-likeness (QED) is 0.392. The first-order valence-electron chi connectivity index (χ1n) is 7.74. The van der Waals surface area contributed by atoms with Crippen molar-refractivity contribution >= 4 is 18.4 Å². The molecule has 16 heavy (non-hydrogen) atoms. The zero-order valence-electron chi connectivity index (χ0n) is 12.3. The summed E-state index contributed by atoms with van der Waals surface area (Å²) >= 11 is -1.66. The van der Waals surface area contributed by atoms with E-state index >= 15 is 0 Å². The van der Waals surface area contributed by atoms with Gasteiger partial charge < -0.3 is 0 Å². The molecule has 0 heterocycles. The minimum absolute atomic E-state index is 1.42. The second kappa shape index (κ2) is 10.9. The van der Waals surface area contributed by atoms with Crippen LogP contribution in [0.15, 0.2) is 0 Å². The van der Waals surface area contributed by atoms with Crippen LogP contribution in [0.1, 0.15) is 72.6 Å². The van der Waals surface area contributed by atoms with Crippen molar-refractivity contribution in [1.29, 1.82) is 0 Å². The van der Waals surface area contributed by atoms with E-state index in [-0.39, 0.29) is 0 Å². The Kier molecular flexibility index (Phi) is 11.5. The van der Waals surface area contributed by atoms with Gasteiger partial charge in [-0.3, -0.25) is 0 Å². The van der Waals surface area contributed by atoms with Gasteiger partial charge in [0.15, 0.2) is 0 Å². The molecule has 0 aliphatic rings. The Balaban J connectivity index is 4.32. The first-order chi connectivity index (χ1) is 7.74. The maximum absolute atomic E-state index is 2.41. The van der Waals surface area contributed by atoms with Gasteiger partial charge in [-0.1, -0.05) is 0 Å². The zero-order valence-corrected chi connectivity index (χ0v) is 15.1. The molecular formula is C15H34Sn. The predicted molar refractivity (Wildman–Crippen MR) is 80.0 cm³/mol. The van der Waals surface area contributed by atoms with Crippen molar-refractivity contribution in [3.05, 3.63) is 0 Å². The molecular weight excluding hydrogens is 299 g/mol. The summed E-state index contributed by atoms with van der Waals surface area (Å²) in [5.41, 5.74) is 0. The SMILES string of the molecule is CCC[CH2][Sn]([CH2]CC)([CH2]CCC)[CH2]CCC. The van der Waals surface area contributed by atoms with E-state index in [1.54, 1.807) is 17.7 Å². The summed E-state index contributed by atoms with van der Waals surface area (Å²) in [5.74, 6) is 0. The number of hydrogen-bond donors (Lipinski definition) is 0. The fourth-order valence-electron chi connectivity index (χ4n) is 2.94. The van der Waals surface area contributed by atoms with E-state index in [1.807, 2.05) is 0 Å². The molecule has 0 amide bonds. The van der Waals surface area contributed by atoms with Crippen LogP contribution in [-0.2, 0) is 0 Å². The average Bonchev–Trinajstić information content (AvgIpc) is 2.31. The van der Waals surface area contributed by atoms with E-state index in [4.69, 9.17) is 0 Å². The Bertz CT molecular complexity index is 121. The molecule has 0 saturated carbocycles. The zero-order chi connectivity index (χ0) is 12.3. The van der Waals surface area contributed by atoms with Crippen LogP contribution in [0.4, 0.5) is 0 Å². The third-order valence-corrected chi connectivity index (χ3v) is 20.5. The van der Waals surface area contributed by atoms with Gasteiger partial charge in [-0.05, 0) is 0 Å². The Labute approximate surface area is 108 Å². The van der Waals surface area contributed by atoms with Gasteiger partial charge in [0.2, 0.25) is 0 Å². The molecule has 0 aromatic carbocycles. The van der Waals surface area contributed by atoms with E-state index in [0.29, 0.717) is 0 Å². The van der Waals surface area contributed by atoms with Crippen molar-refractivity contribution in [2.45, 2.75) is 90.4 Å². The topological polar surface area (TPSA) is 0 Å². The monoisotopic (exact) mass is 334 g/mol. The van der Waals surface area contributed by atoms with Gasteiger partial charge >= 0.3 is 109 Å². The normalized spacial score (nSPS) is 12.0. The molecule has 1 heteroatoms. The molecule has 0 unspecified atom stereocenters. The van der Waals surface area contributed by atoms with Gasteiger partial charge in [0.25, 0.3) is 0 Å². The van der Waals surface area contributed by atoms with Crippen LogP contribution in [0, 0.1) is 0 Å². The van der Waals surface area contributed by atoms with Gasteiger partial charge in [-0.25, -0.2) is 0 Å². The summed E-state index contributed by atoms with van der Waals surface area (Å²) < 4.78 is 6.76. The molecule has 0 bridgehead atoms. The van der Waals surface area contributed by atoms with Crippen molar-refractivity contribution in [2.75, 3.05) is 0 Å². The Hall–Kier alpha value is 0.799. The van der Waals surface area contributed by atoms with Crippen LogP contribution in [0.2, 0.25) is 17.7 Å². The Morgan fingerprint density at radius 2 is 0.875 bits per heavy atom. The molecule has 0 rings (SSSR count). The van der Waals surface area contributed by atoms with E-state index in [1.165, 1.54) is 44.9 Å². The summed E-state index contributed by atoms with van der Waals surface area (Å²) in [6.07, 6.45) is 10.3. The van der Waals surface area contributed by atoms with E-state index in [0.717, 1.165) is 0 Å². The molecule has 0 atom stereocenters. The molecule has 0 fully saturated rings. The first kappa shape index (κ1) is 16.8. The summed E-state index contributed by atoms with van der Waals surface area (Å²) in [7, 11) is 0. The van der Waals surface area contributed by atoms with Gasteiger partial charge in [0, 0.05) is 0 Å². The Morgan fingerprint density at radius 3 is 1.12 bits per heavy atom. The number of hydrogen-bond acceptors (Lipinski definition) is 0. The average molecular weight is 333 g/mol. The summed E-state index contributed by atoms with van der Waals surface area (Å²) in [5, 5.41) is 0. The summed E-state index contributed by atoms with van der Waals surface area (Å²) in [4.78, 5) is 0. The van der Waals surface area contributed by atoms with E-state index in [2.05, 4.69) is 27.7 Å². The van der Waals surface area contributed by atoms with Crippen LogP contribution in [0.5, 0.6) is 0 Å². The molecule has 0 aromatic heterocycles. The van der Waals surface area contributed by atoms with Crippen molar-refractivity contribution in [3.63, 3.8) is 0 Å². The molecule has 0 radical (unpaired) electrons. The second-order valence-electron chi connectivity index (χ2n) is 5.56. The van der Waals surface area contributed by atoms with E-state index < -0.39 is 18.4 Å². The van der Waals surface area contributed by atoms with E-state index in [9.17, 15) is 0 Å². The number of rotatable bonds is 11. The third-order valence-electron chi connectivity index (χ3n) is 3.96. The fourth-order valence-corrected chi connectivity index (χ4v) is 19.7. The van der Waals surface area contributed by atoms with Crippen LogP contribution in [-0.4, -0.2) is 18.4 Å².